The van der Waals surface area contributed by atoms with Gasteiger partial charge in [0, 0.05) is 16.1 Å². The summed E-state index contributed by atoms with van der Waals surface area (Å²) in [7, 11) is 0. The van der Waals surface area contributed by atoms with Crippen LogP contribution >= 0.6 is 22.9 Å². The first kappa shape index (κ1) is 20.1. The van der Waals surface area contributed by atoms with Crippen LogP contribution < -0.4 is 5.32 Å². The van der Waals surface area contributed by atoms with Crippen molar-refractivity contribution >= 4 is 49.7 Å². The summed E-state index contributed by atoms with van der Waals surface area (Å²) in [6.07, 6.45) is 2.04. The Labute approximate surface area is 170 Å². The largest absolute Gasteiger partial charge is 0.349 e. The van der Waals surface area contributed by atoms with E-state index in [1.165, 1.54) is 11.3 Å². The molecule has 0 saturated carbocycles. The van der Waals surface area contributed by atoms with E-state index < -0.39 is 0 Å². The lowest BCUT2D eigenvalue weighted by molar-refractivity contribution is 0.0941. The molecule has 1 aromatic heterocycles. The van der Waals surface area contributed by atoms with Crippen LogP contribution in [0.15, 0.2) is 36.4 Å². The first-order valence-corrected chi connectivity index (χ1v) is 10.9. The first-order chi connectivity index (χ1) is 13.0. The summed E-state index contributed by atoms with van der Waals surface area (Å²) >= 11 is 8.11. The third kappa shape index (κ3) is 4.45. The van der Waals surface area contributed by atoms with Crippen LogP contribution in [0, 0.1) is 0 Å². The molecule has 1 N–H and O–H groups in total. The zero-order valence-corrected chi connectivity index (χ0v) is 17.8. The molecule has 0 bridgehead atoms. The second-order valence-electron chi connectivity index (χ2n) is 6.95. The number of carbonyl (C=O) groups is 1. The molecule has 3 rings (SSSR count). The molecule has 0 aliphatic rings. The summed E-state index contributed by atoms with van der Waals surface area (Å²) in [5.74, 6) is -0.0689. The Bertz CT molecular complexity index is 933. The number of hydrogen-bond donors (Lipinski definition) is 1. The van der Waals surface area contributed by atoms with Crippen molar-refractivity contribution in [2.24, 2.45) is 0 Å². The lowest BCUT2D eigenvalue weighted by atomic mass is 10.1. The molecule has 3 aromatic rings. The number of hydrogen-bond acceptors (Lipinski definition) is 3. The van der Waals surface area contributed by atoms with Crippen molar-refractivity contribution in [1.82, 2.24) is 10.2 Å². The summed E-state index contributed by atoms with van der Waals surface area (Å²) < 4.78 is 1.05. The molecule has 27 heavy (non-hydrogen) atoms. The van der Waals surface area contributed by atoms with E-state index in [0.717, 1.165) is 53.3 Å². The zero-order valence-electron chi connectivity index (χ0n) is 16.2. The number of carbonyl (C=O) groups excluding carboxylic acids is 1. The number of nitrogens with zero attached hydrogens (tertiary/aromatic N) is 1. The Morgan fingerprint density at radius 3 is 2.67 bits per heavy atom. The highest BCUT2D eigenvalue weighted by atomic mass is 35.5. The molecule has 0 fully saturated rings. The lowest BCUT2D eigenvalue weighted by Gasteiger charge is -2.19. The monoisotopic (exact) mass is 402 g/mol. The predicted molar refractivity (Wildman–Crippen MR) is 118 cm³/mol. The summed E-state index contributed by atoms with van der Waals surface area (Å²) in [5.41, 5.74) is 0. The smallest absolute Gasteiger partial charge is 0.263 e. The molecule has 1 heterocycles. The normalized spacial score (nSPS) is 12.8. The summed E-state index contributed by atoms with van der Waals surface area (Å²) in [4.78, 5) is 15.8. The minimum atomic E-state index is -0.0689. The highest BCUT2D eigenvalue weighted by Gasteiger charge is 2.20. The summed E-state index contributed by atoms with van der Waals surface area (Å²) in [6.45, 7) is 9.65. The van der Waals surface area contributed by atoms with Crippen LogP contribution in [-0.2, 0) is 0 Å². The van der Waals surface area contributed by atoms with Crippen molar-refractivity contribution in [3.63, 3.8) is 0 Å². The van der Waals surface area contributed by atoms with E-state index in [0.29, 0.717) is 9.90 Å². The lowest BCUT2D eigenvalue weighted by Crippen LogP contribution is -2.33. The van der Waals surface area contributed by atoms with Crippen LogP contribution in [0.1, 0.15) is 43.3 Å². The first-order valence-electron chi connectivity index (χ1n) is 9.68. The predicted octanol–water partition coefficient (Wildman–Crippen LogP) is 5.95. The Kier molecular flexibility index (Phi) is 6.74. The van der Waals surface area contributed by atoms with Gasteiger partial charge in [-0.1, -0.05) is 55.8 Å². The molecule has 3 nitrogen and oxygen atoms in total. The van der Waals surface area contributed by atoms with Gasteiger partial charge in [-0.15, -0.1) is 11.3 Å². The molecular formula is C22H27ClN2OS. The zero-order chi connectivity index (χ0) is 19.4. The highest BCUT2D eigenvalue weighted by molar-refractivity contribution is 7.21. The van der Waals surface area contributed by atoms with Gasteiger partial charge in [-0.2, -0.15) is 0 Å². The fraction of sp³-hybridized carbons (Fsp3) is 0.409. The molecule has 2 aromatic carbocycles. The van der Waals surface area contributed by atoms with Gasteiger partial charge in [0.1, 0.15) is 4.88 Å². The number of fused-ring (bicyclic) bond motifs is 3. The minimum absolute atomic E-state index is 0.0689. The minimum Gasteiger partial charge on any atom is -0.349 e. The summed E-state index contributed by atoms with van der Waals surface area (Å²) in [5, 5.41) is 6.92. The molecule has 1 amide bonds. The second kappa shape index (κ2) is 9.05. The van der Waals surface area contributed by atoms with E-state index in [2.05, 4.69) is 55.3 Å². The standard InChI is InChI=1S/C22H27ClN2OS/c1-4-25(5-2)14-8-9-15(3)24-22(26)21-20(23)19-17-11-7-6-10-16(17)12-13-18(19)27-21/h6-7,10-13,15H,4-5,8-9,14H2,1-3H3,(H,24,26)/t15-/m1/s1. The topological polar surface area (TPSA) is 32.3 Å². The Balaban J connectivity index is 1.72. The third-order valence-electron chi connectivity index (χ3n) is 5.11. The van der Waals surface area contributed by atoms with Gasteiger partial charge in [0.25, 0.3) is 5.91 Å². The van der Waals surface area contributed by atoms with Crippen LogP contribution in [0.25, 0.3) is 20.9 Å². The molecular weight excluding hydrogens is 376 g/mol. The second-order valence-corrected chi connectivity index (χ2v) is 8.38. The van der Waals surface area contributed by atoms with E-state index in [9.17, 15) is 4.79 Å². The van der Waals surface area contributed by atoms with E-state index in [1.807, 2.05) is 12.1 Å². The van der Waals surface area contributed by atoms with Gasteiger partial charge in [-0.05, 0) is 56.2 Å². The highest BCUT2D eigenvalue weighted by Crippen LogP contribution is 2.39. The van der Waals surface area contributed by atoms with E-state index in [-0.39, 0.29) is 11.9 Å². The van der Waals surface area contributed by atoms with Gasteiger partial charge in [0.2, 0.25) is 0 Å². The van der Waals surface area contributed by atoms with Gasteiger partial charge < -0.3 is 10.2 Å². The van der Waals surface area contributed by atoms with Crippen LogP contribution in [0.2, 0.25) is 5.02 Å². The Morgan fingerprint density at radius 1 is 1.19 bits per heavy atom. The van der Waals surface area contributed by atoms with Gasteiger partial charge >= 0.3 is 0 Å². The van der Waals surface area contributed by atoms with Crippen LogP contribution in [-0.4, -0.2) is 36.5 Å². The molecule has 0 aliphatic heterocycles. The molecule has 0 radical (unpaired) electrons. The van der Waals surface area contributed by atoms with Crippen molar-refractivity contribution in [1.29, 1.82) is 0 Å². The maximum atomic E-state index is 12.8. The van der Waals surface area contributed by atoms with Gasteiger partial charge in [-0.25, -0.2) is 0 Å². The molecule has 0 spiro atoms. The maximum absolute atomic E-state index is 12.8. The number of nitrogens with one attached hydrogen (secondary N) is 1. The summed E-state index contributed by atoms with van der Waals surface area (Å²) in [6, 6.07) is 12.4. The molecule has 0 saturated heterocycles. The number of amides is 1. The average molecular weight is 403 g/mol. The average Bonchev–Trinajstić information content (AvgIpc) is 3.02. The number of benzene rings is 2. The van der Waals surface area contributed by atoms with Gasteiger partial charge in [0.15, 0.2) is 0 Å². The van der Waals surface area contributed by atoms with E-state index in [4.69, 9.17) is 11.6 Å². The fourth-order valence-corrected chi connectivity index (χ4v) is 4.97. The fourth-order valence-electron chi connectivity index (χ4n) is 3.50. The number of halogens is 1. The molecule has 0 unspecified atom stereocenters. The van der Waals surface area contributed by atoms with Crippen molar-refractivity contribution in [2.45, 2.75) is 39.7 Å². The van der Waals surface area contributed by atoms with Crippen molar-refractivity contribution < 1.29 is 4.79 Å². The molecule has 1 atom stereocenters. The third-order valence-corrected chi connectivity index (χ3v) is 6.76. The van der Waals surface area contributed by atoms with Crippen LogP contribution in [0.3, 0.4) is 0 Å². The SMILES string of the molecule is CCN(CC)CCC[C@@H](C)NC(=O)c1sc2ccc3ccccc3c2c1Cl. The Hall–Kier alpha value is -1.62. The van der Waals surface area contributed by atoms with Crippen LogP contribution in [0.5, 0.6) is 0 Å². The van der Waals surface area contributed by atoms with E-state index in [1.54, 1.807) is 0 Å². The van der Waals surface area contributed by atoms with Crippen molar-refractivity contribution in [3.8, 4) is 0 Å². The maximum Gasteiger partial charge on any atom is 0.263 e. The number of thiophene rings is 1. The molecule has 0 aliphatic carbocycles. The van der Waals surface area contributed by atoms with Gasteiger partial charge in [0.05, 0.1) is 5.02 Å². The quantitative estimate of drug-likeness (QED) is 0.505. The van der Waals surface area contributed by atoms with Crippen molar-refractivity contribution in [3.05, 3.63) is 46.3 Å². The number of rotatable bonds is 8. The van der Waals surface area contributed by atoms with Crippen molar-refractivity contribution in [2.75, 3.05) is 19.6 Å². The van der Waals surface area contributed by atoms with E-state index >= 15 is 0 Å². The van der Waals surface area contributed by atoms with Gasteiger partial charge in [-0.3, -0.25) is 4.79 Å². The molecule has 5 heteroatoms. The Morgan fingerprint density at radius 2 is 1.93 bits per heavy atom. The van der Waals surface area contributed by atoms with Crippen LogP contribution in [0.4, 0.5) is 0 Å². The molecule has 144 valence electrons.